The zero-order valence-electron chi connectivity index (χ0n) is 20.1. The van der Waals surface area contributed by atoms with Crippen LogP contribution in [0.1, 0.15) is 38.6 Å². The van der Waals surface area contributed by atoms with Gasteiger partial charge in [-0.15, -0.1) is 0 Å². The van der Waals surface area contributed by atoms with E-state index in [0.717, 1.165) is 30.2 Å². The van der Waals surface area contributed by atoms with Crippen LogP contribution in [0.15, 0.2) is 53.8 Å². The van der Waals surface area contributed by atoms with E-state index >= 15 is 0 Å². The minimum absolute atomic E-state index is 0.0867. The number of piperazine rings is 1. The molecule has 2 fully saturated rings. The van der Waals surface area contributed by atoms with Crippen LogP contribution in [0.4, 0.5) is 5.95 Å². The van der Waals surface area contributed by atoms with Crippen LogP contribution in [-0.4, -0.2) is 77.3 Å². The first-order valence-corrected chi connectivity index (χ1v) is 13.8. The van der Waals surface area contributed by atoms with Crippen molar-refractivity contribution in [2.45, 2.75) is 43.5 Å². The molecule has 2 aliphatic heterocycles. The van der Waals surface area contributed by atoms with E-state index in [0.29, 0.717) is 56.5 Å². The maximum absolute atomic E-state index is 13.5. The molecule has 5 rings (SSSR count). The highest BCUT2D eigenvalue weighted by Crippen LogP contribution is 2.28. The van der Waals surface area contributed by atoms with Crippen LogP contribution < -0.4 is 4.90 Å². The van der Waals surface area contributed by atoms with Crippen molar-refractivity contribution in [3.8, 4) is 0 Å². The molecule has 0 bridgehead atoms. The van der Waals surface area contributed by atoms with Crippen LogP contribution in [0.2, 0.25) is 0 Å². The molecule has 2 saturated heterocycles. The van der Waals surface area contributed by atoms with Gasteiger partial charge < -0.3 is 14.4 Å². The Morgan fingerprint density at radius 3 is 2.37 bits per heavy atom. The quantitative estimate of drug-likeness (QED) is 0.521. The van der Waals surface area contributed by atoms with Crippen LogP contribution in [-0.2, 0) is 14.8 Å². The standard InChI is InChI=1S/C25H32N6O3S/c1-2-22(24(32)28-15-17-29(18-16-28)25-26-10-6-11-27-25)31-14-9-20-19-21(7-8-23(20)31)35(33,34)30-12-4-3-5-13-30/h6-11,14,19,22H,2-5,12-13,15-18H2,1H3/t22-/m1/s1. The third-order valence-electron chi connectivity index (χ3n) is 7.08. The van der Waals surface area contributed by atoms with E-state index in [9.17, 15) is 13.2 Å². The van der Waals surface area contributed by atoms with Crippen molar-refractivity contribution in [1.82, 2.24) is 23.7 Å². The van der Waals surface area contributed by atoms with Gasteiger partial charge in [-0.3, -0.25) is 4.79 Å². The second-order valence-corrected chi connectivity index (χ2v) is 11.1. The van der Waals surface area contributed by atoms with Gasteiger partial charge in [0, 0.05) is 68.8 Å². The van der Waals surface area contributed by atoms with E-state index in [2.05, 4.69) is 14.9 Å². The Labute approximate surface area is 206 Å². The summed E-state index contributed by atoms with van der Waals surface area (Å²) in [4.78, 5) is 26.5. The monoisotopic (exact) mass is 496 g/mol. The molecule has 0 N–H and O–H groups in total. The van der Waals surface area contributed by atoms with E-state index in [-0.39, 0.29) is 11.9 Å². The minimum Gasteiger partial charge on any atom is -0.337 e. The highest BCUT2D eigenvalue weighted by molar-refractivity contribution is 7.89. The summed E-state index contributed by atoms with van der Waals surface area (Å²) in [6, 6.07) is 8.63. The van der Waals surface area contributed by atoms with Crippen molar-refractivity contribution in [3.63, 3.8) is 0 Å². The number of fused-ring (bicyclic) bond motifs is 1. The van der Waals surface area contributed by atoms with Crippen LogP contribution in [0.5, 0.6) is 0 Å². The van der Waals surface area contributed by atoms with Crippen molar-refractivity contribution in [2.24, 2.45) is 0 Å². The van der Waals surface area contributed by atoms with Gasteiger partial charge in [0.15, 0.2) is 0 Å². The molecule has 0 radical (unpaired) electrons. The lowest BCUT2D eigenvalue weighted by Crippen LogP contribution is -2.51. The summed E-state index contributed by atoms with van der Waals surface area (Å²) < 4.78 is 29.8. The van der Waals surface area contributed by atoms with Gasteiger partial charge >= 0.3 is 0 Å². The topological polar surface area (TPSA) is 91.6 Å². The molecular formula is C25H32N6O3S. The maximum atomic E-state index is 13.5. The van der Waals surface area contributed by atoms with E-state index < -0.39 is 10.0 Å². The number of piperidine rings is 1. The lowest BCUT2D eigenvalue weighted by molar-refractivity contribution is -0.135. The fourth-order valence-electron chi connectivity index (χ4n) is 5.11. The Kier molecular flexibility index (Phi) is 6.75. The summed E-state index contributed by atoms with van der Waals surface area (Å²) in [6.45, 7) is 5.79. The molecule has 186 valence electrons. The predicted molar refractivity (Wildman–Crippen MR) is 135 cm³/mol. The molecule has 0 unspecified atom stereocenters. The molecule has 4 heterocycles. The fraction of sp³-hybridized carbons (Fsp3) is 0.480. The summed E-state index contributed by atoms with van der Waals surface area (Å²) in [5.74, 6) is 0.780. The van der Waals surface area contributed by atoms with E-state index in [1.54, 1.807) is 34.9 Å². The molecule has 3 aromatic rings. The zero-order chi connectivity index (χ0) is 24.4. The highest BCUT2D eigenvalue weighted by Gasteiger charge is 2.30. The lowest BCUT2D eigenvalue weighted by Gasteiger charge is -2.36. The molecule has 0 spiro atoms. The first-order valence-electron chi connectivity index (χ1n) is 12.4. The maximum Gasteiger partial charge on any atom is 0.245 e. The molecular weight excluding hydrogens is 464 g/mol. The third kappa shape index (κ3) is 4.64. The van der Waals surface area contributed by atoms with Gasteiger partial charge in [0.1, 0.15) is 6.04 Å². The molecule has 10 heteroatoms. The Morgan fingerprint density at radius 1 is 0.971 bits per heavy atom. The fourth-order valence-corrected chi connectivity index (χ4v) is 6.66. The Bertz CT molecular complexity index is 1280. The SMILES string of the molecule is CC[C@H](C(=O)N1CCN(c2ncccn2)CC1)n1ccc2cc(S(=O)(=O)N3CCCCC3)ccc21. The normalized spacial score (nSPS) is 18.7. The molecule has 1 atom stereocenters. The van der Waals surface area contributed by atoms with Crippen LogP contribution >= 0.6 is 0 Å². The van der Waals surface area contributed by atoms with E-state index in [1.807, 2.05) is 34.7 Å². The Morgan fingerprint density at radius 2 is 1.69 bits per heavy atom. The van der Waals surface area contributed by atoms with Gasteiger partial charge in [-0.1, -0.05) is 13.3 Å². The van der Waals surface area contributed by atoms with Crippen molar-refractivity contribution in [2.75, 3.05) is 44.2 Å². The first kappa shape index (κ1) is 23.7. The van der Waals surface area contributed by atoms with Crippen molar-refractivity contribution < 1.29 is 13.2 Å². The minimum atomic E-state index is -3.50. The van der Waals surface area contributed by atoms with Crippen LogP contribution in [0.25, 0.3) is 10.9 Å². The van der Waals surface area contributed by atoms with Gasteiger partial charge in [0.25, 0.3) is 0 Å². The number of hydrogen-bond donors (Lipinski definition) is 0. The van der Waals surface area contributed by atoms with E-state index in [4.69, 9.17) is 0 Å². The van der Waals surface area contributed by atoms with Crippen LogP contribution in [0.3, 0.4) is 0 Å². The highest BCUT2D eigenvalue weighted by atomic mass is 32.2. The molecule has 9 nitrogen and oxygen atoms in total. The Hall–Kier alpha value is -2.98. The molecule has 0 aliphatic carbocycles. The molecule has 1 aromatic carbocycles. The van der Waals surface area contributed by atoms with Crippen LogP contribution in [0, 0.1) is 0 Å². The summed E-state index contributed by atoms with van der Waals surface area (Å²) in [7, 11) is -3.50. The average molecular weight is 497 g/mol. The number of hydrogen-bond acceptors (Lipinski definition) is 6. The molecule has 1 amide bonds. The second kappa shape index (κ2) is 9.94. The molecule has 35 heavy (non-hydrogen) atoms. The van der Waals surface area contributed by atoms with Crippen molar-refractivity contribution in [3.05, 3.63) is 48.9 Å². The van der Waals surface area contributed by atoms with Crippen molar-refractivity contribution in [1.29, 1.82) is 0 Å². The predicted octanol–water partition coefficient (Wildman–Crippen LogP) is 2.91. The van der Waals surface area contributed by atoms with Gasteiger partial charge in [0.05, 0.1) is 4.90 Å². The number of aromatic nitrogens is 3. The number of sulfonamides is 1. The van der Waals surface area contributed by atoms with Gasteiger partial charge in [0.2, 0.25) is 21.9 Å². The molecule has 0 saturated carbocycles. The van der Waals surface area contributed by atoms with Gasteiger partial charge in [-0.05, 0) is 49.6 Å². The number of nitrogens with zero attached hydrogens (tertiary/aromatic N) is 6. The third-order valence-corrected chi connectivity index (χ3v) is 8.97. The number of amides is 1. The summed E-state index contributed by atoms with van der Waals surface area (Å²) >= 11 is 0. The largest absolute Gasteiger partial charge is 0.337 e. The molecule has 2 aliphatic rings. The number of carbonyl (C=O) groups is 1. The Balaban J connectivity index is 1.33. The second-order valence-electron chi connectivity index (χ2n) is 9.19. The van der Waals surface area contributed by atoms with E-state index in [1.165, 1.54) is 0 Å². The average Bonchev–Trinajstić information content (AvgIpc) is 3.33. The first-order chi connectivity index (χ1) is 17.0. The lowest BCUT2D eigenvalue weighted by atomic mass is 10.1. The summed E-state index contributed by atoms with van der Waals surface area (Å²) in [5.41, 5.74) is 0.874. The molecule has 2 aromatic heterocycles. The number of carbonyl (C=O) groups excluding carboxylic acids is 1. The zero-order valence-corrected chi connectivity index (χ0v) is 20.9. The number of anilines is 1. The van der Waals surface area contributed by atoms with Gasteiger partial charge in [-0.2, -0.15) is 4.31 Å². The van der Waals surface area contributed by atoms with Gasteiger partial charge in [-0.25, -0.2) is 18.4 Å². The summed E-state index contributed by atoms with van der Waals surface area (Å²) in [6.07, 6.45) is 8.91. The summed E-state index contributed by atoms with van der Waals surface area (Å²) in [5, 5.41) is 0.834. The smallest absolute Gasteiger partial charge is 0.245 e. The number of benzene rings is 1. The number of rotatable bonds is 6. The van der Waals surface area contributed by atoms with Crippen molar-refractivity contribution >= 4 is 32.8 Å².